The molecule has 12 heteroatoms. The van der Waals surface area contributed by atoms with E-state index in [1.54, 1.807) is 24.3 Å². The lowest BCUT2D eigenvalue weighted by Gasteiger charge is -2.60. The van der Waals surface area contributed by atoms with Gasteiger partial charge in [0.25, 0.3) is 5.69 Å². The minimum atomic E-state index is -1.31. The first-order chi connectivity index (χ1) is 26.9. The molecule has 56 heavy (non-hydrogen) atoms. The summed E-state index contributed by atoms with van der Waals surface area (Å²) in [6.07, 6.45) is 11.5. The van der Waals surface area contributed by atoms with E-state index in [9.17, 15) is 25.1 Å². The number of ether oxygens (including phenoxy) is 3. The van der Waals surface area contributed by atoms with Crippen LogP contribution in [0, 0.1) is 33.8 Å². The topological polar surface area (TPSA) is 153 Å². The largest absolute Gasteiger partial charge is 0.459 e. The van der Waals surface area contributed by atoms with E-state index < -0.39 is 28.3 Å². The lowest BCUT2D eigenvalue weighted by Crippen LogP contribution is -2.70. The van der Waals surface area contributed by atoms with Gasteiger partial charge < -0.3 is 34.2 Å². The Labute approximate surface area is 330 Å². The Morgan fingerprint density at radius 2 is 1.82 bits per heavy atom. The number of aliphatic hydroxyl groups is 2. The molecule has 2 fully saturated rings. The molecule has 2 N–H and O–H groups in total. The number of fused-ring (bicyclic) bond motifs is 2. The minimum Gasteiger partial charge on any atom is -0.459 e. The van der Waals surface area contributed by atoms with Crippen molar-refractivity contribution in [3.8, 4) is 17.2 Å². The Morgan fingerprint density at radius 3 is 2.48 bits per heavy atom. The lowest BCUT2D eigenvalue weighted by molar-refractivity contribution is -0.384. The van der Waals surface area contributed by atoms with Crippen molar-refractivity contribution in [2.75, 3.05) is 26.4 Å². The highest BCUT2D eigenvalue weighted by atomic mass is 16.7. The number of nitro benzene ring substituents is 1. The number of carbonyl (C=O) groups excluding carboxylic acids is 1. The van der Waals surface area contributed by atoms with Crippen molar-refractivity contribution in [1.29, 1.82) is 0 Å². The number of amides is 1. The Bertz CT molecular complexity index is 1780. The van der Waals surface area contributed by atoms with Crippen molar-refractivity contribution >= 4 is 17.3 Å². The van der Waals surface area contributed by atoms with Crippen LogP contribution in [0.1, 0.15) is 103 Å². The number of rotatable bonds is 19. The highest BCUT2D eigenvalue weighted by Crippen LogP contribution is 2.62. The number of unbranched alkanes of at least 4 members (excludes halogenated alkanes) is 2. The zero-order valence-corrected chi connectivity index (χ0v) is 33.4. The summed E-state index contributed by atoms with van der Waals surface area (Å²) in [5.41, 5.74) is 2.01. The molecule has 6 unspecified atom stereocenters. The third-order valence-corrected chi connectivity index (χ3v) is 11.4. The van der Waals surface area contributed by atoms with E-state index in [2.05, 4.69) is 19.6 Å². The predicted octanol–water partition coefficient (Wildman–Crippen LogP) is 8.47. The van der Waals surface area contributed by atoms with Gasteiger partial charge in [0.05, 0.1) is 29.2 Å². The van der Waals surface area contributed by atoms with Gasteiger partial charge in [-0.1, -0.05) is 43.1 Å². The van der Waals surface area contributed by atoms with Crippen molar-refractivity contribution in [2.45, 2.75) is 115 Å². The Hall–Kier alpha value is -4.26. The maximum Gasteiger partial charge on any atom is 0.273 e. The molecular formula is C44H59N3O9. The van der Waals surface area contributed by atoms with E-state index in [1.807, 2.05) is 37.8 Å². The van der Waals surface area contributed by atoms with Gasteiger partial charge in [0.1, 0.15) is 28.9 Å². The van der Waals surface area contributed by atoms with Crippen molar-refractivity contribution in [3.05, 3.63) is 82.4 Å². The molecular weight excluding hydrogens is 714 g/mol. The van der Waals surface area contributed by atoms with Crippen LogP contribution in [0.3, 0.4) is 0 Å². The van der Waals surface area contributed by atoms with Gasteiger partial charge in [0, 0.05) is 49.6 Å². The molecule has 0 aromatic heterocycles. The summed E-state index contributed by atoms with van der Waals surface area (Å²) in [5.74, 6) is -0.284. The molecule has 0 radical (unpaired) electrons. The van der Waals surface area contributed by atoms with Gasteiger partial charge in [-0.25, -0.2) is 0 Å². The van der Waals surface area contributed by atoms with Crippen LogP contribution in [-0.4, -0.2) is 75.5 Å². The van der Waals surface area contributed by atoms with Gasteiger partial charge in [-0.05, 0) is 107 Å². The monoisotopic (exact) mass is 773 g/mol. The average molecular weight is 774 g/mol. The van der Waals surface area contributed by atoms with Crippen LogP contribution < -0.4 is 9.47 Å². The van der Waals surface area contributed by atoms with E-state index >= 15 is 0 Å². The van der Waals surface area contributed by atoms with Crippen LogP contribution in [0.2, 0.25) is 0 Å². The SMILES string of the molecule is C=CCOC12Oc3ccc(Oc4cccc([N+](=O)[O-])c4)cc3C3C(CCCCO)C(CCCCO)C=C(C(=NOC(C)(C)C)CC1N(CCC)C(=O)C1CC1)C32. The molecule has 6 rings (SSSR count). The number of carbonyl (C=O) groups is 1. The standard InChI is InChI=1S/C44H59N3O9/c1-6-21-46(42(50)29-17-18-29)39-28-37(45-56-43(3,4)5)35-25-30(13-8-10-22-48)34(16-9-11-23-49)40-36-27-33(54-32-15-12-14-31(26-32)47(51)52)19-20-38(36)55-44(39,41(35)40)53-24-7-2/h7,12,14-15,19-20,25-27,29-30,34,39-41,48-49H,2,6,8-11,13,16-18,21-24,28H2,1,3-5H3. The number of nitro groups is 1. The smallest absolute Gasteiger partial charge is 0.273 e. The zero-order chi connectivity index (χ0) is 40.0. The quantitative estimate of drug-likeness (QED) is 0.0620. The second-order valence-electron chi connectivity index (χ2n) is 16.6. The summed E-state index contributed by atoms with van der Waals surface area (Å²) in [7, 11) is 0. The number of nitrogens with zero attached hydrogens (tertiary/aromatic N) is 3. The number of non-ortho nitro benzene ring substituents is 1. The van der Waals surface area contributed by atoms with Crippen LogP contribution in [0.4, 0.5) is 5.69 Å². The molecule has 12 nitrogen and oxygen atoms in total. The molecule has 2 aromatic carbocycles. The maximum atomic E-state index is 14.3. The molecule has 304 valence electrons. The van der Waals surface area contributed by atoms with E-state index in [-0.39, 0.29) is 55.1 Å². The fourth-order valence-corrected chi connectivity index (χ4v) is 8.93. The van der Waals surface area contributed by atoms with E-state index in [0.717, 1.165) is 61.8 Å². The summed E-state index contributed by atoms with van der Waals surface area (Å²) in [5, 5.41) is 36.2. The zero-order valence-electron chi connectivity index (χ0n) is 33.4. The Morgan fingerprint density at radius 1 is 1.09 bits per heavy atom. The van der Waals surface area contributed by atoms with Gasteiger partial charge in [-0.3, -0.25) is 14.9 Å². The highest BCUT2D eigenvalue weighted by Gasteiger charge is 2.65. The molecule has 1 heterocycles. The molecule has 0 saturated heterocycles. The summed E-state index contributed by atoms with van der Waals surface area (Å²) in [6.45, 7) is 12.9. The van der Waals surface area contributed by atoms with Crippen LogP contribution in [-0.2, 0) is 14.4 Å². The first-order valence-electron chi connectivity index (χ1n) is 20.4. The highest BCUT2D eigenvalue weighted by molar-refractivity contribution is 6.03. The van der Waals surface area contributed by atoms with Crippen LogP contribution in [0.25, 0.3) is 0 Å². The first kappa shape index (κ1) is 41.4. The first-order valence-corrected chi connectivity index (χ1v) is 20.4. The molecule has 0 bridgehead atoms. The molecule has 1 aliphatic heterocycles. The molecule has 0 spiro atoms. The van der Waals surface area contributed by atoms with Crippen LogP contribution >= 0.6 is 0 Å². The number of allylic oxidation sites excluding steroid dienone is 1. The molecule has 4 aliphatic rings. The summed E-state index contributed by atoms with van der Waals surface area (Å²) >= 11 is 0. The summed E-state index contributed by atoms with van der Waals surface area (Å²) in [6, 6.07) is 11.3. The van der Waals surface area contributed by atoms with Crippen molar-refractivity contribution in [2.24, 2.45) is 28.8 Å². The third kappa shape index (κ3) is 8.98. The van der Waals surface area contributed by atoms with Gasteiger partial charge in [0.15, 0.2) is 0 Å². The number of oxime groups is 1. The number of hydrogen-bond acceptors (Lipinski definition) is 10. The van der Waals surface area contributed by atoms with Gasteiger partial charge in [-0.15, -0.1) is 6.58 Å². The fourth-order valence-electron chi connectivity index (χ4n) is 8.93. The predicted molar refractivity (Wildman–Crippen MR) is 214 cm³/mol. The van der Waals surface area contributed by atoms with Gasteiger partial charge in [0.2, 0.25) is 11.7 Å². The maximum absolute atomic E-state index is 14.3. The minimum absolute atomic E-state index is 0.0326. The number of benzene rings is 2. The molecule has 2 aromatic rings. The van der Waals surface area contributed by atoms with Crippen LogP contribution in [0.15, 0.2) is 71.9 Å². The van der Waals surface area contributed by atoms with Crippen molar-refractivity contribution in [1.82, 2.24) is 4.90 Å². The Balaban J connectivity index is 1.59. The molecule has 3 aliphatic carbocycles. The lowest BCUT2D eigenvalue weighted by atomic mass is 9.55. The van der Waals surface area contributed by atoms with E-state index in [0.29, 0.717) is 43.1 Å². The van der Waals surface area contributed by atoms with E-state index in [4.69, 9.17) is 24.2 Å². The number of hydrogen-bond donors (Lipinski definition) is 2. The Kier molecular flexibility index (Phi) is 13.2. The van der Waals surface area contributed by atoms with Gasteiger partial charge in [-0.2, -0.15) is 0 Å². The second-order valence-corrected chi connectivity index (χ2v) is 16.6. The van der Waals surface area contributed by atoms with Crippen molar-refractivity contribution in [3.63, 3.8) is 0 Å². The molecule has 2 saturated carbocycles. The van der Waals surface area contributed by atoms with Crippen molar-refractivity contribution < 1.29 is 39.0 Å². The second kappa shape index (κ2) is 17.9. The van der Waals surface area contributed by atoms with Crippen LogP contribution in [0.5, 0.6) is 17.2 Å². The summed E-state index contributed by atoms with van der Waals surface area (Å²) in [4.78, 5) is 33.7. The fraction of sp³-hybridized carbons (Fsp3) is 0.591. The summed E-state index contributed by atoms with van der Waals surface area (Å²) < 4.78 is 20.6. The number of aliphatic hydroxyl groups excluding tert-OH is 2. The molecule has 1 amide bonds. The van der Waals surface area contributed by atoms with E-state index in [1.165, 1.54) is 12.1 Å². The third-order valence-electron chi connectivity index (χ3n) is 11.4. The van der Waals surface area contributed by atoms with Gasteiger partial charge >= 0.3 is 0 Å². The average Bonchev–Trinajstić information content (AvgIpc) is 4.02. The normalized spacial score (nSPS) is 26.0. The molecule has 6 atom stereocenters.